The lowest BCUT2D eigenvalue weighted by atomic mass is 10.1. The van der Waals surface area contributed by atoms with Crippen molar-refractivity contribution < 1.29 is 14.3 Å². The van der Waals surface area contributed by atoms with Crippen LogP contribution in [0, 0.1) is 6.92 Å². The van der Waals surface area contributed by atoms with Gasteiger partial charge in [-0.1, -0.05) is 29.8 Å². The van der Waals surface area contributed by atoms with Gasteiger partial charge < -0.3 is 15.4 Å². The normalized spacial score (nSPS) is 14.8. The second-order valence-corrected chi connectivity index (χ2v) is 6.02. The van der Waals surface area contributed by atoms with Crippen LogP contribution in [0.4, 0.5) is 11.4 Å². The van der Waals surface area contributed by atoms with Gasteiger partial charge in [-0.05, 0) is 30.7 Å². The first-order chi connectivity index (χ1) is 12.5. The zero-order valence-corrected chi connectivity index (χ0v) is 14.4. The molecule has 1 heterocycles. The van der Waals surface area contributed by atoms with Crippen molar-refractivity contribution in [1.82, 2.24) is 5.43 Å². The summed E-state index contributed by atoms with van der Waals surface area (Å²) in [6.45, 7) is 2.16. The molecule has 2 aromatic rings. The van der Waals surface area contributed by atoms with Gasteiger partial charge in [0.15, 0.2) is 11.5 Å². The summed E-state index contributed by atoms with van der Waals surface area (Å²) in [5, 5.41) is 0. The Bertz CT molecular complexity index is 875. The van der Waals surface area contributed by atoms with Gasteiger partial charge in [0.25, 0.3) is 5.91 Å². The topological polar surface area (TPSA) is 111 Å². The molecule has 0 fully saturated rings. The van der Waals surface area contributed by atoms with Crippen LogP contribution < -0.4 is 26.6 Å². The van der Waals surface area contributed by atoms with E-state index in [4.69, 9.17) is 16.3 Å². The Balaban J connectivity index is 1.96. The second kappa shape index (κ2) is 7.28. The number of amides is 2. The molecule has 1 aliphatic heterocycles. The first-order valence-electron chi connectivity index (χ1n) is 8.15. The number of benzene rings is 2. The third-order valence-corrected chi connectivity index (χ3v) is 4.05. The van der Waals surface area contributed by atoms with Gasteiger partial charge in [0.2, 0.25) is 5.91 Å². The number of anilines is 2. The van der Waals surface area contributed by atoms with Crippen LogP contribution in [-0.4, -0.2) is 18.4 Å². The average molecular weight is 352 g/mol. The number of hydrogen-bond acceptors (Lipinski definition) is 5. The van der Waals surface area contributed by atoms with Gasteiger partial charge in [0.05, 0.1) is 5.69 Å². The summed E-state index contributed by atoms with van der Waals surface area (Å²) < 4.78 is 5.79. The van der Waals surface area contributed by atoms with Gasteiger partial charge in [-0.25, -0.2) is 5.84 Å². The number of rotatable bonds is 4. The number of fused-ring (bicyclic) bond motifs is 1. The SMILES string of the molecule is Cc1ccc(/C=C2/Oc3cc(N)ccc3N(CCC(=O)NN)C2=O)cc1. The molecule has 26 heavy (non-hydrogen) atoms. The predicted octanol–water partition coefficient (Wildman–Crippen LogP) is 1.72. The number of aryl methyl sites for hydroxylation is 1. The van der Waals surface area contributed by atoms with Crippen LogP contribution in [0.1, 0.15) is 17.5 Å². The summed E-state index contributed by atoms with van der Waals surface area (Å²) in [5.41, 5.74) is 10.9. The standard InChI is InChI=1S/C19H20N4O3/c1-12-2-4-13(5-3-12)10-17-19(25)23(9-8-18(24)22-21)15-7-6-14(20)11-16(15)26-17/h2-7,10-11H,8-9,20-21H2,1H3,(H,22,24)/b17-10+. The molecule has 7 nitrogen and oxygen atoms in total. The number of nitrogens with one attached hydrogen (secondary N) is 1. The van der Waals surface area contributed by atoms with Gasteiger partial charge in [0, 0.05) is 24.7 Å². The van der Waals surface area contributed by atoms with E-state index in [1.807, 2.05) is 31.2 Å². The Hall–Kier alpha value is -3.32. The molecule has 0 atom stereocenters. The van der Waals surface area contributed by atoms with Crippen LogP contribution in [0.25, 0.3) is 6.08 Å². The Morgan fingerprint density at radius 1 is 1.23 bits per heavy atom. The highest BCUT2D eigenvalue weighted by Crippen LogP contribution is 2.37. The number of hydrogen-bond donors (Lipinski definition) is 3. The highest BCUT2D eigenvalue weighted by Gasteiger charge is 2.30. The van der Waals surface area contributed by atoms with E-state index < -0.39 is 0 Å². The molecule has 1 aliphatic rings. The molecular formula is C19H20N4O3. The fraction of sp³-hybridized carbons (Fsp3) is 0.158. The van der Waals surface area contributed by atoms with Crippen molar-refractivity contribution in [2.24, 2.45) is 5.84 Å². The van der Waals surface area contributed by atoms with Gasteiger partial charge in [0.1, 0.15) is 0 Å². The van der Waals surface area contributed by atoms with E-state index in [0.29, 0.717) is 17.1 Å². The van der Waals surface area contributed by atoms with Crippen molar-refractivity contribution in [2.45, 2.75) is 13.3 Å². The number of nitrogens with zero attached hydrogens (tertiary/aromatic N) is 1. The lowest BCUT2D eigenvalue weighted by molar-refractivity contribution is -0.121. The molecule has 0 unspecified atom stereocenters. The van der Waals surface area contributed by atoms with Crippen LogP contribution >= 0.6 is 0 Å². The fourth-order valence-electron chi connectivity index (χ4n) is 2.65. The second-order valence-electron chi connectivity index (χ2n) is 6.02. The van der Waals surface area contributed by atoms with E-state index in [1.165, 1.54) is 4.90 Å². The largest absolute Gasteiger partial charge is 0.449 e. The zero-order valence-electron chi connectivity index (χ0n) is 14.4. The number of carbonyl (C=O) groups excluding carboxylic acids is 2. The highest BCUT2D eigenvalue weighted by atomic mass is 16.5. The predicted molar refractivity (Wildman–Crippen MR) is 99.9 cm³/mol. The minimum Gasteiger partial charge on any atom is -0.449 e. The summed E-state index contributed by atoms with van der Waals surface area (Å²) in [6, 6.07) is 12.7. The molecule has 0 saturated carbocycles. The maximum Gasteiger partial charge on any atom is 0.294 e. The van der Waals surface area contributed by atoms with Crippen LogP contribution in [0.5, 0.6) is 5.75 Å². The fourth-order valence-corrected chi connectivity index (χ4v) is 2.65. The molecular weight excluding hydrogens is 332 g/mol. The minimum absolute atomic E-state index is 0.0733. The minimum atomic E-state index is -0.356. The van der Waals surface area contributed by atoms with Crippen molar-refractivity contribution in [3.05, 3.63) is 59.4 Å². The first-order valence-corrected chi connectivity index (χ1v) is 8.15. The lowest BCUT2D eigenvalue weighted by Crippen LogP contribution is -2.40. The molecule has 0 saturated heterocycles. The number of ether oxygens (including phenoxy) is 1. The van der Waals surface area contributed by atoms with Crippen LogP contribution in [0.2, 0.25) is 0 Å². The molecule has 134 valence electrons. The number of carbonyl (C=O) groups is 2. The van der Waals surface area contributed by atoms with Gasteiger partial charge in [-0.3, -0.25) is 15.0 Å². The van der Waals surface area contributed by atoms with E-state index in [2.05, 4.69) is 5.43 Å². The summed E-state index contributed by atoms with van der Waals surface area (Å²) >= 11 is 0. The van der Waals surface area contributed by atoms with E-state index in [-0.39, 0.29) is 30.5 Å². The van der Waals surface area contributed by atoms with Crippen molar-refractivity contribution in [1.29, 1.82) is 0 Å². The average Bonchev–Trinajstić information content (AvgIpc) is 2.63. The molecule has 3 rings (SSSR count). The highest BCUT2D eigenvalue weighted by molar-refractivity contribution is 6.10. The van der Waals surface area contributed by atoms with Gasteiger partial charge in [-0.2, -0.15) is 0 Å². The third kappa shape index (κ3) is 3.68. The van der Waals surface area contributed by atoms with Crippen molar-refractivity contribution in [2.75, 3.05) is 17.2 Å². The Morgan fingerprint density at radius 2 is 1.96 bits per heavy atom. The molecule has 0 radical (unpaired) electrons. The Morgan fingerprint density at radius 3 is 2.65 bits per heavy atom. The molecule has 2 aromatic carbocycles. The maximum atomic E-state index is 12.9. The Kier molecular flexibility index (Phi) is 4.90. The van der Waals surface area contributed by atoms with Crippen molar-refractivity contribution >= 4 is 29.3 Å². The summed E-state index contributed by atoms with van der Waals surface area (Å²) in [6.07, 6.45) is 1.74. The molecule has 0 spiro atoms. The van der Waals surface area contributed by atoms with Crippen LogP contribution in [0.3, 0.4) is 0 Å². The number of nitrogen functional groups attached to an aromatic ring is 1. The van der Waals surface area contributed by atoms with E-state index in [9.17, 15) is 9.59 Å². The molecule has 7 heteroatoms. The first kappa shape index (κ1) is 17.5. The molecule has 0 aromatic heterocycles. The molecule has 2 amide bonds. The number of nitrogens with two attached hydrogens (primary N) is 2. The quantitative estimate of drug-likeness (QED) is 0.255. The van der Waals surface area contributed by atoms with E-state index >= 15 is 0 Å². The van der Waals surface area contributed by atoms with Crippen molar-refractivity contribution in [3.8, 4) is 5.75 Å². The molecule has 0 bridgehead atoms. The van der Waals surface area contributed by atoms with Crippen molar-refractivity contribution in [3.63, 3.8) is 0 Å². The zero-order chi connectivity index (χ0) is 18.7. The number of hydrazine groups is 1. The van der Waals surface area contributed by atoms with Gasteiger partial charge >= 0.3 is 0 Å². The monoisotopic (exact) mass is 352 g/mol. The third-order valence-electron chi connectivity index (χ3n) is 4.05. The van der Waals surface area contributed by atoms with E-state index in [1.54, 1.807) is 24.3 Å². The summed E-state index contributed by atoms with van der Waals surface area (Å²) in [4.78, 5) is 25.9. The summed E-state index contributed by atoms with van der Waals surface area (Å²) in [7, 11) is 0. The van der Waals surface area contributed by atoms with Crippen LogP contribution in [-0.2, 0) is 9.59 Å². The summed E-state index contributed by atoms with van der Waals surface area (Å²) in [5.74, 6) is 5.08. The Labute approximate surface area is 151 Å². The molecule has 0 aliphatic carbocycles. The van der Waals surface area contributed by atoms with Crippen LogP contribution in [0.15, 0.2) is 48.2 Å². The lowest BCUT2D eigenvalue weighted by Gasteiger charge is -2.30. The molecule has 5 N–H and O–H groups in total. The van der Waals surface area contributed by atoms with E-state index in [0.717, 1.165) is 11.1 Å². The van der Waals surface area contributed by atoms with Gasteiger partial charge in [-0.15, -0.1) is 0 Å². The smallest absolute Gasteiger partial charge is 0.294 e. The maximum absolute atomic E-state index is 12.9.